The van der Waals surface area contributed by atoms with Crippen molar-refractivity contribution in [2.24, 2.45) is 0 Å². The van der Waals surface area contributed by atoms with Crippen LogP contribution in [-0.4, -0.2) is 43.0 Å². The highest BCUT2D eigenvalue weighted by molar-refractivity contribution is 6.31. The highest BCUT2D eigenvalue weighted by Crippen LogP contribution is 2.24. The molecule has 0 fully saturated rings. The molecule has 1 aliphatic rings. The maximum atomic E-state index is 12.9. The lowest BCUT2D eigenvalue weighted by Gasteiger charge is -2.23. The summed E-state index contributed by atoms with van der Waals surface area (Å²) in [5.41, 5.74) is 3.64. The van der Waals surface area contributed by atoms with Crippen LogP contribution in [-0.2, 0) is 24.3 Å². The molecule has 2 N–H and O–H groups in total. The second-order valence-corrected chi connectivity index (χ2v) is 9.72. The van der Waals surface area contributed by atoms with Crippen molar-refractivity contribution in [1.29, 1.82) is 0 Å². The van der Waals surface area contributed by atoms with E-state index in [1.165, 1.54) is 0 Å². The Balaban J connectivity index is 1.49. The third kappa shape index (κ3) is 8.34. The Kier molecular flexibility index (Phi) is 9.97. The fraction of sp³-hybridized carbons (Fsp3) is 0.333. The Hall–Kier alpha value is -3.35. The van der Waals surface area contributed by atoms with E-state index in [9.17, 15) is 9.59 Å². The largest absolute Gasteiger partial charge is 0.493 e. The number of halogens is 1. The second kappa shape index (κ2) is 13.8. The number of nitrogens with zero attached hydrogens (tertiary/aromatic N) is 1. The number of carbonyl (C=O) groups excluding carboxylic acids is 2. The van der Waals surface area contributed by atoms with Crippen LogP contribution in [0.3, 0.4) is 0 Å². The summed E-state index contributed by atoms with van der Waals surface area (Å²) in [4.78, 5) is 27.6. The van der Waals surface area contributed by atoms with Crippen LogP contribution in [0.25, 0.3) is 0 Å². The van der Waals surface area contributed by atoms with Gasteiger partial charge in [0.1, 0.15) is 5.75 Å². The molecule has 0 radical (unpaired) electrons. The summed E-state index contributed by atoms with van der Waals surface area (Å²) in [6, 6.07) is 23.4. The Morgan fingerprint density at radius 3 is 2.62 bits per heavy atom. The van der Waals surface area contributed by atoms with Gasteiger partial charge in [0.2, 0.25) is 5.91 Å². The van der Waals surface area contributed by atoms with Crippen LogP contribution in [0.5, 0.6) is 5.75 Å². The van der Waals surface area contributed by atoms with Gasteiger partial charge in [-0.25, -0.2) is 0 Å². The quantitative estimate of drug-likeness (QED) is 0.481. The Bertz CT molecular complexity index is 1190. The lowest BCUT2D eigenvalue weighted by molar-refractivity contribution is -0.122. The van der Waals surface area contributed by atoms with Gasteiger partial charge in [0, 0.05) is 42.3 Å². The van der Waals surface area contributed by atoms with Crippen LogP contribution < -0.4 is 15.4 Å². The second-order valence-electron chi connectivity index (χ2n) is 9.31. The van der Waals surface area contributed by atoms with Crippen LogP contribution >= 0.6 is 11.6 Å². The molecule has 4 rings (SSSR count). The van der Waals surface area contributed by atoms with E-state index in [0.29, 0.717) is 62.1 Å². The Morgan fingerprint density at radius 1 is 0.973 bits per heavy atom. The molecular formula is C30H34ClN3O3. The predicted octanol–water partition coefficient (Wildman–Crippen LogP) is 4.99. The number of fused-ring (bicyclic) bond motifs is 1. The SMILES string of the molecule is O=C1CN(Cc2ccccc2)Cc2ccc(C(=O)NCCc3ccccc3Cl)cc2OCCCCCN1. The normalized spacial score (nSPS) is 15.2. The summed E-state index contributed by atoms with van der Waals surface area (Å²) in [6.45, 7) is 3.18. The van der Waals surface area contributed by atoms with Gasteiger partial charge in [-0.1, -0.05) is 66.2 Å². The maximum Gasteiger partial charge on any atom is 0.251 e. The van der Waals surface area contributed by atoms with Crippen LogP contribution in [0.15, 0.2) is 72.8 Å². The fourth-order valence-corrected chi connectivity index (χ4v) is 4.63. The van der Waals surface area contributed by atoms with E-state index in [0.717, 1.165) is 36.0 Å². The summed E-state index contributed by atoms with van der Waals surface area (Å²) in [5.74, 6) is 0.561. The summed E-state index contributed by atoms with van der Waals surface area (Å²) < 4.78 is 6.18. The average Bonchev–Trinajstić information content (AvgIpc) is 2.91. The molecule has 3 aromatic carbocycles. The minimum absolute atomic E-state index is 0.0205. The zero-order valence-electron chi connectivity index (χ0n) is 21.0. The molecule has 37 heavy (non-hydrogen) atoms. The first-order chi connectivity index (χ1) is 18.1. The number of rotatable bonds is 6. The Morgan fingerprint density at radius 2 is 1.78 bits per heavy atom. The van der Waals surface area contributed by atoms with Crippen molar-refractivity contribution in [3.8, 4) is 5.75 Å². The first kappa shape index (κ1) is 26.7. The van der Waals surface area contributed by atoms with Gasteiger partial charge in [0.05, 0.1) is 13.2 Å². The number of nitrogens with one attached hydrogen (secondary N) is 2. The van der Waals surface area contributed by atoms with Gasteiger partial charge in [-0.3, -0.25) is 14.5 Å². The van der Waals surface area contributed by atoms with E-state index in [4.69, 9.17) is 16.3 Å². The number of hydrogen-bond donors (Lipinski definition) is 2. The number of carbonyl (C=O) groups is 2. The van der Waals surface area contributed by atoms with Gasteiger partial charge in [0.15, 0.2) is 0 Å². The molecule has 1 heterocycles. The van der Waals surface area contributed by atoms with Crippen LogP contribution in [0.1, 0.15) is 46.3 Å². The molecule has 6 nitrogen and oxygen atoms in total. The van der Waals surface area contributed by atoms with Crippen molar-refractivity contribution < 1.29 is 14.3 Å². The van der Waals surface area contributed by atoms with Crippen molar-refractivity contribution in [1.82, 2.24) is 15.5 Å². The number of ether oxygens (including phenoxy) is 1. The van der Waals surface area contributed by atoms with E-state index in [2.05, 4.69) is 27.7 Å². The van der Waals surface area contributed by atoms with E-state index in [1.54, 1.807) is 0 Å². The lowest BCUT2D eigenvalue weighted by atomic mass is 10.1. The number of amides is 2. The summed E-state index contributed by atoms with van der Waals surface area (Å²) >= 11 is 6.24. The van der Waals surface area contributed by atoms with Crippen molar-refractivity contribution in [3.63, 3.8) is 0 Å². The van der Waals surface area contributed by atoms with Crippen molar-refractivity contribution in [3.05, 3.63) is 100 Å². The predicted molar refractivity (Wildman–Crippen MR) is 147 cm³/mol. The van der Waals surface area contributed by atoms with Gasteiger partial charge in [-0.2, -0.15) is 0 Å². The van der Waals surface area contributed by atoms with E-state index in [-0.39, 0.29) is 11.8 Å². The van der Waals surface area contributed by atoms with E-state index >= 15 is 0 Å². The van der Waals surface area contributed by atoms with Crippen LogP contribution in [0.4, 0.5) is 0 Å². The third-order valence-corrected chi connectivity index (χ3v) is 6.75. The highest BCUT2D eigenvalue weighted by atomic mass is 35.5. The molecule has 0 aromatic heterocycles. The van der Waals surface area contributed by atoms with Gasteiger partial charge in [0.25, 0.3) is 5.91 Å². The van der Waals surface area contributed by atoms with Gasteiger partial charge >= 0.3 is 0 Å². The molecule has 2 amide bonds. The van der Waals surface area contributed by atoms with E-state index in [1.807, 2.05) is 60.7 Å². The van der Waals surface area contributed by atoms with Crippen molar-refractivity contribution >= 4 is 23.4 Å². The van der Waals surface area contributed by atoms with E-state index < -0.39 is 0 Å². The van der Waals surface area contributed by atoms with Gasteiger partial charge in [-0.05, 0) is 55.0 Å². The van der Waals surface area contributed by atoms with Crippen molar-refractivity contribution in [2.75, 3.05) is 26.2 Å². The van der Waals surface area contributed by atoms with Gasteiger partial charge in [-0.15, -0.1) is 0 Å². The monoisotopic (exact) mass is 519 g/mol. The molecule has 0 atom stereocenters. The molecule has 194 valence electrons. The lowest BCUT2D eigenvalue weighted by Crippen LogP contribution is -2.37. The topological polar surface area (TPSA) is 70.7 Å². The standard InChI is InChI=1S/C30H34ClN3O3/c31-27-12-6-5-11-24(27)15-17-33-30(36)25-13-14-26-21-34(20-23-9-3-1-4-10-23)22-29(35)32-16-7-2-8-18-37-28(26)19-25/h1,3-6,9-14,19H,2,7-8,15-18,20-22H2,(H,32,35)(H,33,36). The molecule has 0 aliphatic carbocycles. The summed E-state index contributed by atoms with van der Waals surface area (Å²) in [6.07, 6.45) is 3.42. The molecular weight excluding hydrogens is 486 g/mol. The van der Waals surface area contributed by atoms with Crippen LogP contribution in [0, 0.1) is 0 Å². The molecule has 3 aromatic rings. The van der Waals surface area contributed by atoms with Crippen molar-refractivity contribution in [2.45, 2.75) is 38.8 Å². The Labute approximate surface area is 224 Å². The maximum absolute atomic E-state index is 12.9. The van der Waals surface area contributed by atoms with Gasteiger partial charge < -0.3 is 15.4 Å². The molecule has 0 saturated heterocycles. The zero-order chi connectivity index (χ0) is 25.9. The number of hydrogen-bond acceptors (Lipinski definition) is 4. The smallest absolute Gasteiger partial charge is 0.251 e. The summed E-state index contributed by atoms with van der Waals surface area (Å²) in [7, 11) is 0. The molecule has 0 saturated carbocycles. The average molecular weight is 520 g/mol. The first-order valence-electron chi connectivity index (χ1n) is 12.9. The number of benzene rings is 3. The molecule has 0 unspecified atom stereocenters. The highest BCUT2D eigenvalue weighted by Gasteiger charge is 2.17. The minimum Gasteiger partial charge on any atom is -0.493 e. The minimum atomic E-state index is -0.151. The molecule has 1 aliphatic heterocycles. The molecule has 0 bridgehead atoms. The van der Waals surface area contributed by atoms with Crippen LogP contribution in [0.2, 0.25) is 5.02 Å². The fourth-order valence-electron chi connectivity index (χ4n) is 4.40. The summed E-state index contributed by atoms with van der Waals surface area (Å²) in [5, 5.41) is 6.73. The zero-order valence-corrected chi connectivity index (χ0v) is 21.8. The molecule has 7 heteroatoms. The third-order valence-electron chi connectivity index (χ3n) is 6.38. The molecule has 0 spiro atoms. The first-order valence-corrected chi connectivity index (χ1v) is 13.3.